The van der Waals surface area contributed by atoms with Gasteiger partial charge in [0.1, 0.15) is 17.1 Å². The molecular formula is C27H25NO5. The summed E-state index contributed by atoms with van der Waals surface area (Å²) in [6, 6.07) is 17.6. The maximum Gasteiger partial charge on any atom is 0.291 e. The first kappa shape index (κ1) is 21.1. The summed E-state index contributed by atoms with van der Waals surface area (Å²) < 4.78 is 17.4. The molecule has 0 N–H and O–H groups in total. The van der Waals surface area contributed by atoms with E-state index in [1.807, 2.05) is 30.3 Å². The first-order valence-corrected chi connectivity index (χ1v) is 11.1. The molecule has 0 aliphatic carbocycles. The third kappa shape index (κ3) is 3.93. The molecule has 6 nitrogen and oxygen atoms in total. The van der Waals surface area contributed by atoms with Crippen LogP contribution in [-0.2, 0) is 6.54 Å². The van der Waals surface area contributed by atoms with Gasteiger partial charge in [-0.3, -0.25) is 9.59 Å². The van der Waals surface area contributed by atoms with Crippen LogP contribution in [0.15, 0.2) is 80.6 Å². The quantitative estimate of drug-likeness (QED) is 0.374. The monoisotopic (exact) mass is 443 g/mol. The average molecular weight is 443 g/mol. The van der Waals surface area contributed by atoms with Crippen LogP contribution >= 0.6 is 0 Å². The second kappa shape index (κ2) is 8.62. The molecule has 0 saturated heterocycles. The van der Waals surface area contributed by atoms with E-state index in [0.717, 1.165) is 12.0 Å². The van der Waals surface area contributed by atoms with Crippen molar-refractivity contribution in [2.24, 2.45) is 5.92 Å². The number of benzene rings is 2. The number of para-hydroxylation sites is 1. The number of furan rings is 1. The van der Waals surface area contributed by atoms with Gasteiger partial charge >= 0.3 is 0 Å². The standard InChI is InChI=1S/C27H25NO5/c1-17(2)12-14-32-19-8-5-7-18(15-19)24-23-25(29)21-10-3-4-11-22(21)33-26(23)27(30)28(24)16-20-9-6-13-31-20/h3-11,13,15,17,24H,12,14,16H2,1-2H3/t24-/m0/s1. The van der Waals surface area contributed by atoms with E-state index in [4.69, 9.17) is 13.6 Å². The minimum absolute atomic E-state index is 0.0846. The highest BCUT2D eigenvalue weighted by Crippen LogP contribution is 2.40. The Labute approximate surface area is 191 Å². The SMILES string of the molecule is CC(C)CCOc1cccc([C@H]2c3c(oc4ccccc4c3=O)C(=O)N2Cc2ccco2)c1. The number of carbonyl (C=O) groups excluding carboxylic acids is 1. The lowest BCUT2D eigenvalue weighted by molar-refractivity contribution is 0.0701. The van der Waals surface area contributed by atoms with Crippen LogP contribution in [-0.4, -0.2) is 17.4 Å². The summed E-state index contributed by atoms with van der Waals surface area (Å²) in [6.45, 7) is 5.12. The van der Waals surface area contributed by atoms with Gasteiger partial charge in [0.05, 0.1) is 36.4 Å². The summed E-state index contributed by atoms with van der Waals surface area (Å²) in [6.07, 6.45) is 2.51. The molecule has 0 radical (unpaired) electrons. The van der Waals surface area contributed by atoms with Crippen LogP contribution in [0.5, 0.6) is 5.75 Å². The number of hydrogen-bond acceptors (Lipinski definition) is 5. The van der Waals surface area contributed by atoms with Crippen molar-refractivity contribution in [3.8, 4) is 5.75 Å². The Morgan fingerprint density at radius 2 is 1.88 bits per heavy atom. The maximum absolute atomic E-state index is 13.5. The second-order valence-electron chi connectivity index (χ2n) is 8.69. The van der Waals surface area contributed by atoms with Crippen LogP contribution in [0, 0.1) is 5.92 Å². The molecule has 0 unspecified atom stereocenters. The number of fused-ring (bicyclic) bond motifs is 2. The molecule has 0 bridgehead atoms. The Balaban J connectivity index is 1.61. The van der Waals surface area contributed by atoms with Gasteiger partial charge in [-0.05, 0) is 54.3 Å². The third-order valence-corrected chi connectivity index (χ3v) is 5.92. The van der Waals surface area contributed by atoms with E-state index in [1.165, 1.54) is 0 Å². The average Bonchev–Trinajstić information content (AvgIpc) is 3.41. The molecule has 1 atom stereocenters. The van der Waals surface area contributed by atoms with Gasteiger partial charge in [0, 0.05) is 0 Å². The normalized spacial score (nSPS) is 15.4. The van der Waals surface area contributed by atoms with Crippen molar-refractivity contribution in [3.63, 3.8) is 0 Å². The lowest BCUT2D eigenvalue weighted by atomic mass is 9.98. The van der Waals surface area contributed by atoms with Crippen LogP contribution in [0.1, 0.15) is 53.8 Å². The number of amides is 1. The Morgan fingerprint density at radius 3 is 2.67 bits per heavy atom. The summed E-state index contributed by atoms with van der Waals surface area (Å²) in [5.74, 6) is 1.62. The zero-order valence-electron chi connectivity index (χ0n) is 18.6. The zero-order chi connectivity index (χ0) is 22.9. The van der Waals surface area contributed by atoms with Crippen molar-refractivity contribution < 1.29 is 18.4 Å². The summed E-state index contributed by atoms with van der Waals surface area (Å²) in [5, 5.41) is 0.457. The molecule has 6 heteroatoms. The van der Waals surface area contributed by atoms with Crippen LogP contribution in [0.2, 0.25) is 0 Å². The van der Waals surface area contributed by atoms with E-state index in [9.17, 15) is 9.59 Å². The number of ether oxygens (including phenoxy) is 1. The zero-order valence-corrected chi connectivity index (χ0v) is 18.6. The number of nitrogens with zero attached hydrogens (tertiary/aromatic N) is 1. The molecule has 0 saturated carbocycles. The van der Waals surface area contributed by atoms with Crippen LogP contribution in [0.3, 0.4) is 0 Å². The number of carbonyl (C=O) groups is 1. The van der Waals surface area contributed by atoms with E-state index >= 15 is 0 Å². The summed E-state index contributed by atoms with van der Waals surface area (Å²) in [4.78, 5) is 28.6. The molecule has 4 aromatic rings. The van der Waals surface area contributed by atoms with Crippen LogP contribution in [0.25, 0.3) is 11.0 Å². The van der Waals surface area contributed by atoms with Crippen molar-refractivity contribution in [1.82, 2.24) is 4.90 Å². The van der Waals surface area contributed by atoms with Crippen LogP contribution < -0.4 is 10.2 Å². The molecule has 0 fully saturated rings. The van der Waals surface area contributed by atoms with Gasteiger partial charge in [0.25, 0.3) is 5.91 Å². The Kier molecular flexibility index (Phi) is 5.50. The smallest absolute Gasteiger partial charge is 0.291 e. The molecule has 3 heterocycles. The highest BCUT2D eigenvalue weighted by atomic mass is 16.5. The van der Waals surface area contributed by atoms with Crippen LogP contribution in [0.4, 0.5) is 0 Å². The minimum Gasteiger partial charge on any atom is -0.494 e. The lowest BCUT2D eigenvalue weighted by Gasteiger charge is -2.24. The summed E-state index contributed by atoms with van der Waals surface area (Å²) in [5.41, 5.74) is 1.35. The van der Waals surface area contributed by atoms with E-state index in [1.54, 1.807) is 41.5 Å². The fourth-order valence-electron chi connectivity index (χ4n) is 4.23. The van der Waals surface area contributed by atoms with E-state index in [2.05, 4.69) is 13.8 Å². The van der Waals surface area contributed by atoms with Gasteiger partial charge in [0.2, 0.25) is 5.76 Å². The molecule has 1 aliphatic rings. The summed E-state index contributed by atoms with van der Waals surface area (Å²) in [7, 11) is 0. The lowest BCUT2D eigenvalue weighted by Crippen LogP contribution is -2.29. The first-order valence-electron chi connectivity index (χ1n) is 11.1. The number of rotatable bonds is 7. The van der Waals surface area contributed by atoms with Crippen molar-refractivity contribution in [3.05, 3.63) is 99.8 Å². The highest BCUT2D eigenvalue weighted by Gasteiger charge is 2.43. The molecule has 1 amide bonds. The molecular weight excluding hydrogens is 418 g/mol. The Hall–Kier alpha value is -3.80. The van der Waals surface area contributed by atoms with Gasteiger partial charge in [-0.25, -0.2) is 0 Å². The first-order chi connectivity index (χ1) is 16.0. The van der Waals surface area contributed by atoms with Crippen molar-refractivity contribution in [1.29, 1.82) is 0 Å². The molecule has 5 rings (SSSR count). The largest absolute Gasteiger partial charge is 0.494 e. The fourth-order valence-corrected chi connectivity index (χ4v) is 4.23. The van der Waals surface area contributed by atoms with Gasteiger partial charge in [-0.1, -0.05) is 38.1 Å². The van der Waals surface area contributed by atoms with Crippen molar-refractivity contribution >= 4 is 16.9 Å². The minimum atomic E-state index is -0.605. The predicted molar refractivity (Wildman–Crippen MR) is 124 cm³/mol. The van der Waals surface area contributed by atoms with Gasteiger partial charge in [0.15, 0.2) is 5.43 Å². The van der Waals surface area contributed by atoms with E-state index in [0.29, 0.717) is 40.6 Å². The Morgan fingerprint density at radius 1 is 1.03 bits per heavy atom. The third-order valence-electron chi connectivity index (χ3n) is 5.92. The van der Waals surface area contributed by atoms with Gasteiger partial charge < -0.3 is 18.5 Å². The number of hydrogen-bond donors (Lipinski definition) is 0. The summed E-state index contributed by atoms with van der Waals surface area (Å²) >= 11 is 0. The van der Waals surface area contributed by atoms with E-state index < -0.39 is 6.04 Å². The molecule has 168 valence electrons. The van der Waals surface area contributed by atoms with E-state index in [-0.39, 0.29) is 23.6 Å². The van der Waals surface area contributed by atoms with Crippen molar-refractivity contribution in [2.75, 3.05) is 6.61 Å². The van der Waals surface area contributed by atoms with Gasteiger partial charge in [-0.2, -0.15) is 0 Å². The molecule has 2 aromatic heterocycles. The molecule has 33 heavy (non-hydrogen) atoms. The second-order valence-corrected chi connectivity index (χ2v) is 8.69. The predicted octanol–water partition coefficient (Wildman–Crippen LogP) is 5.56. The fraction of sp³-hybridized carbons (Fsp3) is 0.259. The molecule has 0 spiro atoms. The van der Waals surface area contributed by atoms with Gasteiger partial charge in [-0.15, -0.1) is 0 Å². The molecule has 2 aromatic carbocycles. The molecule has 1 aliphatic heterocycles. The Bertz CT molecular complexity index is 1350. The van der Waals surface area contributed by atoms with Crippen molar-refractivity contribution in [2.45, 2.75) is 32.9 Å². The highest BCUT2D eigenvalue weighted by molar-refractivity contribution is 5.99. The topological polar surface area (TPSA) is 72.9 Å². The maximum atomic E-state index is 13.5.